The second-order valence-corrected chi connectivity index (χ2v) is 4.63. The van der Waals surface area contributed by atoms with Gasteiger partial charge in [-0.2, -0.15) is 5.26 Å². The molecule has 2 rings (SSSR count). The highest BCUT2D eigenvalue weighted by atomic mass is 19.4. The van der Waals surface area contributed by atoms with Gasteiger partial charge in [0, 0.05) is 6.07 Å². The Morgan fingerprint density at radius 3 is 2.53 bits per heavy atom. The fourth-order valence-electron chi connectivity index (χ4n) is 1.99. The van der Waals surface area contributed by atoms with Crippen LogP contribution in [0.5, 0.6) is 11.5 Å². The first-order valence-corrected chi connectivity index (χ1v) is 5.84. The van der Waals surface area contributed by atoms with E-state index in [0.29, 0.717) is 5.92 Å². The molecule has 0 spiro atoms. The molecule has 0 aromatic heterocycles. The molecule has 1 aliphatic carbocycles. The molecule has 6 heteroatoms. The van der Waals surface area contributed by atoms with E-state index in [9.17, 15) is 13.2 Å². The standard InChI is InChI=1S/C13H12F3NO2/c1-8-4-11(5-8)18-10-3-2-9(7-17)12(6-10)19-13(14,15)16/h2-3,6,8,11H,4-5H2,1H3/t8-,11+. The maximum absolute atomic E-state index is 12.2. The number of halogens is 3. The molecule has 19 heavy (non-hydrogen) atoms. The molecule has 0 radical (unpaired) electrons. The van der Waals surface area contributed by atoms with E-state index in [4.69, 9.17) is 10.00 Å². The molecule has 3 nitrogen and oxygen atoms in total. The maximum atomic E-state index is 12.2. The van der Waals surface area contributed by atoms with Crippen molar-refractivity contribution in [1.82, 2.24) is 0 Å². The van der Waals surface area contributed by atoms with E-state index >= 15 is 0 Å². The summed E-state index contributed by atoms with van der Waals surface area (Å²) in [6.45, 7) is 2.08. The summed E-state index contributed by atoms with van der Waals surface area (Å²) in [5.41, 5.74) is -0.174. The van der Waals surface area contributed by atoms with Crippen molar-refractivity contribution in [1.29, 1.82) is 5.26 Å². The van der Waals surface area contributed by atoms with Gasteiger partial charge in [-0.25, -0.2) is 0 Å². The Morgan fingerprint density at radius 1 is 1.32 bits per heavy atom. The minimum absolute atomic E-state index is 0.0293. The highest BCUT2D eigenvalue weighted by Crippen LogP contribution is 2.34. The second kappa shape index (κ2) is 5.00. The van der Waals surface area contributed by atoms with Crippen molar-refractivity contribution in [2.24, 2.45) is 5.92 Å². The Kier molecular flexibility index (Phi) is 3.56. The molecule has 1 aliphatic rings. The molecule has 0 unspecified atom stereocenters. The molecule has 0 bridgehead atoms. The molecule has 0 heterocycles. The zero-order chi connectivity index (χ0) is 14.0. The number of ether oxygens (including phenoxy) is 2. The van der Waals surface area contributed by atoms with Crippen LogP contribution >= 0.6 is 0 Å². The van der Waals surface area contributed by atoms with Crippen LogP contribution in [0.25, 0.3) is 0 Å². The predicted octanol–water partition coefficient (Wildman–Crippen LogP) is 3.63. The Labute approximate surface area is 108 Å². The van der Waals surface area contributed by atoms with Crippen LogP contribution < -0.4 is 9.47 Å². The monoisotopic (exact) mass is 271 g/mol. The Balaban J connectivity index is 2.14. The third-order valence-corrected chi connectivity index (χ3v) is 2.93. The van der Waals surface area contributed by atoms with Gasteiger partial charge in [0.1, 0.15) is 11.8 Å². The number of alkyl halides is 3. The minimum atomic E-state index is -4.82. The lowest BCUT2D eigenvalue weighted by atomic mass is 9.84. The fourth-order valence-corrected chi connectivity index (χ4v) is 1.99. The van der Waals surface area contributed by atoms with Crippen LogP contribution in [0.1, 0.15) is 25.3 Å². The van der Waals surface area contributed by atoms with Crippen LogP contribution in [0.3, 0.4) is 0 Å². The molecule has 0 N–H and O–H groups in total. The summed E-state index contributed by atoms with van der Waals surface area (Å²) < 4.78 is 46.0. The summed E-state index contributed by atoms with van der Waals surface area (Å²) >= 11 is 0. The zero-order valence-electron chi connectivity index (χ0n) is 10.2. The van der Waals surface area contributed by atoms with Gasteiger partial charge >= 0.3 is 6.36 Å². The van der Waals surface area contributed by atoms with Crippen LogP contribution in [0, 0.1) is 17.2 Å². The van der Waals surface area contributed by atoms with Gasteiger partial charge in [0.25, 0.3) is 0 Å². The highest BCUT2D eigenvalue weighted by Gasteiger charge is 2.33. The Bertz CT molecular complexity index is 502. The van der Waals surface area contributed by atoms with Gasteiger partial charge < -0.3 is 9.47 Å². The smallest absolute Gasteiger partial charge is 0.490 e. The lowest BCUT2D eigenvalue weighted by molar-refractivity contribution is -0.274. The average Bonchev–Trinajstić information content (AvgIpc) is 2.25. The van der Waals surface area contributed by atoms with E-state index < -0.39 is 12.1 Å². The number of rotatable bonds is 3. The summed E-state index contributed by atoms with van der Waals surface area (Å²) in [6, 6.07) is 5.50. The van der Waals surface area contributed by atoms with Gasteiger partial charge in [0.2, 0.25) is 0 Å². The molecule has 102 valence electrons. The first-order chi connectivity index (χ1) is 8.87. The van der Waals surface area contributed by atoms with Crippen molar-refractivity contribution in [2.45, 2.75) is 32.2 Å². The summed E-state index contributed by atoms with van der Waals surface area (Å²) in [5.74, 6) is 0.337. The van der Waals surface area contributed by atoms with Crippen molar-refractivity contribution >= 4 is 0 Å². The van der Waals surface area contributed by atoms with Crippen LogP contribution in [0.4, 0.5) is 13.2 Å². The molecule has 1 fully saturated rings. The molecule has 1 aromatic rings. The average molecular weight is 271 g/mol. The number of hydrogen-bond acceptors (Lipinski definition) is 3. The molecule has 0 saturated heterocycles. The first-order valence-electron chi connectivity index (χ1n) is 5.84. The molecule has 0 amide bonds. The van der Waals surface area contributed by atoms with Crippen molar-refractivity contribution in [3.05, 3.63) is 23.8 Å². The van der Waals surface area contributed by atoms with Crippen LogP contribution in [0.15, 0.2) is 18.2 Å². The summed E-state index contributed by atoms with van der Waals surface area (Å²) in [4.78, 5) is 0. The van der Waals surface area contributed by atoms with Crippen molar-refractivity contribution in [3.63, 3.8) is 0 Å². The van der Waals surface area contributed by atoms with E-state index in [1.54, 1.807) is 6.07 Å². The van der Waals surface area contributed by atoms with E-state index in [-0.39, 0.29) is 17.4 Å². The Hall–Kier alpha value is -1.90. The van der Waals surface area contributed by atoms with Gasteiger partial charge in [0.15, 0.2) is 5.75 Å². The first kappa shape index (κ1) is 13.5. The van der Waals surface area contributed by atoms with E-state index in [1.165, 1.54) is 12.1 Å². The van der Waals surface area contributed by atoms with E-state index in [0.717, 1.165) is 18.9 Å². The van der Waals surface area contributed by atoms with Crippen molar-refractivity contribution in [2.75, 3.05) is 0 Å². The van der Waals surface area contributed by atoms with E-state index in [1.807, 2.05) is 0 Å². The SMILES string of the molecule is C[C@H]1C[C@@H](Oc2ccc(C#N)c(OC(F)(F)F)c2)C1. The van der Waals surface area contributed by atoms with Gasteiger partial charge in [-0.05, 0) is 30.9 Å². The highest BCUT2D eigenvalue weighted by molar-refractivity contribution is 5.47. The lowest BCUT2D eigenvalue weighted by Crippen LogP contribution is -2.31. The molecule has 1 saturated carbocycles. The molecular weight excluding hydrogens is 259 g/mol. The molecule has 0 atom stereocenters. The normalized spacial score (nSPS) is 22.3. The number of nitrogens with zero attached hydrogens (tertiary/aromatic N) is 1. The zero-order valence-corrected chi connectivity index (χ0v) is 10.2. The van der Waals surface area contributed by atoms with Gasteiger partial charge in [-0.15, -0.1) is 13.2 Å². The lowest BCUT2D eigenvalue weighted by Gasteiger charge is -2.32. The summed E-state index contributed by atoms with van der Waals surface area (Å²) in [5, 5.41) is 8.74. The van der Waals surface area contributed by atoms with Crippen molar-refractivity contribution < 1.29 is 22.6 Å². The second-order valence-electron chi connectivity index (χ2n) is 4.63. The Morgan fingerprint density at radius 2 is 2.00 bits per heavy atom. The van der Waals surface area contributed by atoms with Gasteiger partial charge in [-0.1, -0.05) is 6.92 Å². The fraction of sp³-hybridized carbons (Fsp3) is 0.462. The van der Waals surface area contributed by atoms with Crippen LogP contribution in [-0.4, -0.2) is 12.5 Å². The third kappa shape index (κ3) is 3.53. The number of hydrogen-bond donors (Lipinski definition) is 0. The minimum Gasteiger partial charge on any atom is -0.490 e. The third-order valence-electron chi connectivity index (χ3n) is 2.93. The maximum Gasteiger partial charge on any atom is 0.573 e. The van der Waals surface area contributed by atoms with E-state index in [2.05, 4.69) is 11.7 Å². The van der Waals surface area contributed by atoms with Crippen LogP contribution in [0.2, 0.25) is 0 Å². The van der Waals surface area contributed by atoms with Gasteiger partial charge in [-0.3, -0.25) is 0 Å². The molecular formula is C13H12F3NO2. The quantitative estimate of drug-likeness (QED) is 0.843. The van der Waals surface area contributed by atoms with Crippen LogP contribution in [-0.2, 0) is 0 Å². The largest absolute Gasteiger partial charge is 0.573 e. The molecule has 0 aliphatic heterocycles. The number of nitriles is 1. The number of benzene rings is 1. The summed E-state index contributed by atoms with van der Waals surface area (Å²) in [6.07, 6.45) is -3.03. The molecule has 1 aromatic carbocycles. The van der Waals surface area contributed by atoms with Crippen molar-refractivity contribution in [3.8, 4) is 17.6 Å². The summed E-state index contributed by atoms with van der Waals surface area (Å²) in [7, 11) is 0. The predicted molar refractivity (Wildman–Crippen MR) is 60.7 cm³/mol. The topological polar surface area (TPSA) is 42.2 Å². The van der Waals surface area contributed by atoms with Gasteiger partial charge in [0.05, 0.1) is 11.7 Å².